The number of hydrogen-bond acceptors (Lipinski definition) is 3. The molecule has 0 spiro atoms. The first-order chi connectivity index (χ1) is 13.5. The van der Waals surface area contributed by atoms with Gasteiger partial charge < -0.3 is 14.6 Å². The van der Waals surface area contributed by atoms with Crippen LogP contribution in [0.3, 0.4) is 0 Å². The third kappa shape index (κ3) is 3.20. The Balaban J connectivity index is 1.66. The lowest BCUT2D eigenvalue weighted by molar-refractivity contribution is -0.125. The van der Waals surface area contributed by atoms with Crippen LogP contribution < -0.4 is 5.32 Å². The first kappa shape index (κ1) is 18.7. The number of hydrogen-bond donors (Lipinski definition) is 1. The second-order valence-electron chi connectivity index (χ2n) is 7.62. The number of rotatable bonds is 4. The summed E-state index contributed by atoms with van der Waals surface area (Å²) in [4.78, 5) is 18.1. The molecule has 5 heteroatoms. The number of imidazole rings is 1. The molecule has 0 bridgehead atoms. The Morgan fingerprint density at radius 3 is 2.54 bits per heavy atom. The largest absolute Gasteiger partial charge is 0.381 e. The minimum absolute atomic E-state index is 0.0330. The number of amides is 1. The van der Waals surface area contributed by atoms with Crippen molar-refractivity contribution < 1.29 is 9.53 Å². The van der Waals surface area contributed by atoms with Gasteiger partial charge in [0.1, 0.15) is 5.82 Å². The van der Waals surface area contributed by atoms with E-state index >= 15 is 0 Å². The van der Waals surface area contributed by atoms with Crippen LogP contribution in [-0.2, 0) is 21.5 Å². The monoisotopic (exact) mass is 377 g/mol. The van der Waals surface area contributed by atoms with Crippen molar-refractivity contribution in [3.05, 3.63) is 59.4 Å². The average Bonchev–Trinajstić information content (AvgIpc) is 3.03. The van der Waals surface area contributed by atoms with Crippen molar-refractivity contribution in [2.45, 2.75) is 45.6 Å². The SMILES string of the molecule is CCn1c(C)nc2cc(NC(=O)C3(c4ccc(C)cc4)CCOCC3)ccc21. The van der Waals surface area contributed by atoms with Crippen LogP contribution in [0.1, 0.15) is 36.7 Å². The topological polar surface area (TPSA) is 56.2 Å². The van der Waals surface area contributed by atoms with E-state index in [-0.39, 0.29) is 5.91 Å². The molecule has 5 nitrogen and oxygen atoms in total. The number of nitrogens with zero attached hydrogens (tertiary/aromatic N) is 2. The molecule has 0 aliphatic carbocycles. The molecule has 0 atom stereocenters. The van der Waals surface area contributed by atoms with E-state index in [4.69, 9.17) is 4.74 Å². The van der Waals surface area contributed by atoms with Gasteiger partial charge in [-0.25, -0.2) is 4.98 Å². The Labute approximate surface area is 165 Å². The second kappa shape index (κ2) is 7.40. The van der Waals surface area contributed by atoms with Gasteiger partial charge in [-0.2, -0.15) is 0 Å². The minimum Gasteiger partial charge on any atom is -0.381 e. The third-order valence-corrected chi connectivity index (χ3v) is 5.90. The van der Waals surface area contributed by atoms with Crippen molar-refractivity contribution in [3.63, 3.8) is 0 Å². The summed E-state index contributed by atoms with van der Waals surface area (Å²) in [5, 5.41) is 3.16. The molecule has 1 amide bonds. The minimum atomic E-state index is -0.556. The lowest BCUT2D eigenvalue weighted by Gasteiger charge is -2.36. The fourth-order valence-corrected chi connectivity index (χ4v) is 4.22. The summed E-state index contributed by atoms with van der Waals surface area (Å²) in [6.45, 7) is 8.26. The number of carbonyl (C=O) groups is 1. The number of aryl methyl sites for hydroxylation is 3. The smallest absolute Gasteiger partial charge is 0.235 e. The van der Waals surface area contributed by atoms with E-state index in [1.807, 2.05) is 25.1 Å². The highest BCUT2D eigenvalue weighted by molar-refractivity contribution is 6.00. The Hall–Kier alpha value is -2.66. The second-order valence-corrected chi connectivity index (χ2v) is 7.62. The van der Waals surface area contributed by atoms with E-state index in [0.717, 1.165) is 34.7 Å². The molecule has 3 aromatic rings. The van der Waals surface area contributed by atoms with Crippen molar-refractivity contribution in [1.29, 1.82) is 0 Å². The molecule has 1 N–H and O–H groups in total. The van der Waals surface area contributed by atoms with Crippen molar-refractivity contribution >= 4 is 22.6 Å². The van der Waals surface area contributed by atoms with E-state index in [2.05, 4.69) is 53.0 Å². The van der Waals surface area contributed by atoms with E-state index in [9.17, 15) is 4.79 Å². The Morgan fingerprint density at radius 2 is 1.86 bits per heavy atom. The zero-order valence-electron chi connectivity index (χ0n) is 16.8. The predicted octanol–water partition coefficient (Wildman–Crippen LogP) is 4.36. The number of anilines is 1. The van der Waals surface area contributed by atoms with Crippen LogP contribution in [0, 0.1) is 13.8 Å². The molecule has 2 aromatic carbocycles. The van der Waals surface area contributed by atoms with Crippen LogP contribution >= 0.6 is 0 Å². The zero-order valence-corrected chi connectivity index (χ0v) is 16.8. The van der Waals surface area contributed by atoms with Crippen LogP contribution in [0.25, 0.3) is 11.0 Å². The summed E-state index contributed by atoms with van der Waals surface area (Å²) < 4.78 is 7.74. The number of benzene rings is 2. The summed E-state index contributed by atoms with van der Waals surface area (Å²) in [5.74, 6) is 1.02. The summed E-state index contributed by atoms with van der Waals surface area (Å²) >= 11 is 0. The first-order valence-corrected chi connectivity index (χ1v) is 9.97. The third-order valence-electron chi connectivity index (χ3n) is 5.90. The lowest BCUT2D eigenvalue weighted by Crippen LogP contribution is -2.44. The van der Waals surface area contributed by atoms with Gasteiger partial charge in [0.05, 0.1) is 16.4 Å². The van der Waals surface area contributed by atoms with Gasteiger partial charge in [0.15, 0.2) is 0 Å². The molecular formula is C23H27N3O2. The molecule has 0 unspecified atom stereocenters. The van der Waals surface area contributed by atoms with Gasteiger partial charge >= 0.3 is 0 Å². The maximum absolute atomic E-state index is 13.4. The molecule has 4 rings (SSSR count). The van der Waals surface area contributed by atoms with Crippen LogP contribution in [0.5, 0.6) is 0 Å². The molecule has 28 heavy (non-hydrogen) atoms. The van der Waals surface area contributed by atoms with Crippen LogP contribution in [0.4, 0.5) is 5.69 Å². The number of nitrogens with one attached hydrogen (secondary N) is 1. The molecule has 0 saturated carbocycles. The highest BCUT2D eigenvalue weighted by Gasteiger charge is 2.41. The fraction of sp³-hybridized carbons (Fsp3) is 0.391. The fourth-order valence-electron chi connectivity index (χ4n) is 4.22. The summed E-state index contributed by atoms with van der Waals surface area (Å²) in [7, 11) is 0. The number of fused-ring (bicyclic) bond motifs is 1. The number of ether oxygens (including phenoxy) is 1. The molecule has 146 valence electrons. The number of aromatic nitrogens is 2. The van der Waals surface area contributed by atoms with Gasteiger partial charge in [0.2, 0.25) is 5.91 Å². The summed E-state index contributed by atoms with van der Waals surface area (Å²) in [6, 6.07) is 14.3. The molecule has 1 aliphatic heterocycles. The number of carbonyl (C=O) groups excluding carboxylic acids is 1. The van der Waals surface area contributed by atoms with Gasteiger partial charge in [0, 0.05) is 25.4 Å². The van der Waals surface area contributed by atoms with Crippen LogP contribution in [0.2, 0.25) is 0 Å². The Bertz CT molecular complexity index is 999. The standard InChI is InChI=1S/C23H27N3O2/c1-4-26-17(3)24-20-15-19(9-10-21(20)26)25-22(27)23(11-13-28-14-12-23)18-7-5-16(2)6-8-18/h5-10,15H,4,11-14H2,1-3H3,(H,25,27). The van der Waals surface area contributed by atoms with Crippen LogP contribution in [-0.4, -0.2) is 28.7 Å². The average molecular weight is 377 g/mol. The van der Waals surface area contributed by atoms with Gasteiger partial charge in [-0.05, 0) is 57.4 Å². The van der Waals surface area contributed by atoms with Crippen LogP contribution in [0.15, 0.2) is 42.5 Å². The van der Waals surface area contributed by atoms with Crippen molar-refractivity contribution in [3.8, 4) is 0 Å². The molecular weight excluding hydrogens is 350 g/mol. The lowest BCUT2D eigenvalue weighted by atomic mass is 9.73. The van der Waals surface area contributed by atoms with E-state index in [1.54, 1.807) is 0 Å². The van der Waals surface area contributed by atoms with Gasteiger partial charge in [-0.15, -0.1) is 0 Å². The normalized spacial score (nSPS) is 16.2. The van der Waals surface area contributed by atoms with E-state index in [0.29, 0.717) is 26.1 Å². The van der Waals surface area contributed by atoms with E-state index in [1.165, 1.54) is 5.56 Å². The maximum atomic E-state index is 13.4. The summed E-state index contributed by atoms with van der Waals surface area (Å²) in [6.07, 6.45) is 1.38. The maximum Gasteiger partial charge on any atom is 0.235 e. The van der Waals surface area contributed by atoms with Gasteiger partial charge in [0.25, 0.3) is 0 Å². The molecule has 1 aromatic heterocycles. The highest BCUT2D eigenvalue weighted by atomic mass is 16.5. The molecule has 1 saturated heterocycles. The van der Waals surface area contributed by atoms with E-state index < -0.39 is 5.41 Å². The summed E-state index contributed by atoms with van der Waals surface area (Å²) in [5.41, 5.74) is 4.49. The predicted molar refractivity (Wildman–Crippen MR) is 112 cm³/mol. The first-order valence-electron chi connectivity index (χ1n) is 9.97. The van der Waals surface area contributed by atoms with Gasteiger partial charge in [-0.3, -0.25) is 4.79 Å². The molecule has 0 radical (unpaired) electrons. The van der Waals surface area contributed by atoms with Crippen molar-refractivity contribution in [2.24, 2.45) is 0 Å². The molecule has 2 heterocycles. The van der Waals surface area contributed by atoms with Gasteiger partial charge in [-0.1, -0.05) is 29.8 Å². The molecule has 1 fully saturated rings. The Kier molecular flexibility index (Phi) is 4.94. The molecule has 1 aliphatic rings. The highest BCUT2D eigenvalue weighted by Crippen LogP contribution is 2.36. The Morgan fingerprint density at radius 1 is 1.14 bits per heavy atom. The van der Waals surface area contributed by atoms with Crippen molar-refractivity contribution in [2.75, 3.05) is 18.5 Å². The zero-order chi connectivity index (χ0) is 19.7. The quantitative estimate of drug-likeness (QED) is 0.735. The van der Waals surface area contributed by atoms with Crippen molar-refractivity contribution in [1.82, 2.24) is 9.55 Å².